The Kier molecular flexibility index (Phi) is 4.02. The zero-order valence-electron chi connectivity index (χ0n) is 11.0. The van der Waals surface area contributed by atoms with Crippen molar-refractivity contribution in [3.05, 3.63) is 69.8 Å². The van der Waals surface area contributed by atoms with Crippen molar-refractivity contribution in [1.82, 2.24) is 0 Å². The zero-order chi connectivity index (χ0) is 14.5. The maximum atomic E-state index is 10.6. The molecule has 2 aromatic rings. The van der Waals surface area contributed by atoms with Crippen molar-refractivity contribution in [3.63, 3.8) is 0 Å². The van der Waals surface area contributed by atoms with Crippen LogP contribution in [0.3, 0.4) is 0 Å². The molecule has 0 saturated heterocycles. The van der Waals surface area contributed by atoms with Gasteiger partial charge in [-0.2, -0.15) is 0 Å². The van der Waals surface area contributed by atoms with Gasteiger partial charge in [-0.15, -0.1) is 6.42 Å². The van der Waals surface area contributed by atoms with E-state index in [4.69, 9.17) is 6.42 Å². The molecule has 0 radical (unpaired) electrons. The fourth-order valence-corrected chi connectivity index (χ4v) is 1.92. The molecule has 0 heterocycles. The maximum absolute atomic E-state index is 10.6. The Hall–Kier alpha value is -2.80. The van der Waals surface area contributed by atoms with Crippen LogP contribution in [0.1, 0.15) is 24.1 Å². The Bertz CT molecular complexity index is 657. The number of hydrogen-bond donors (Lipinski definition) is 1. The van der Waals surface area contributed by atoms with Crippen molar-refractivity contribution in [2.24, 2.45) is 0 Å². The minimum atomic E-state index is -0.404. The smallest absolute Gasteiger partial charge is 0.269 e. The van der Waals surface area contributed by atoms with Gasteiger partial charge in [-0.1, -0.05) is 24.1 Å². The molecule has 0 aliphatic carbocycles. The van der Waals surface area contributed by atoms with Crippen LogP contribution in [-0.2, 0) is 0 Å². The van der Waals surface area contributed by atoms with Gasteiger partial charge in [0.05, 0.1) is 4.92 Å². The molecule has 0 aliphatic rings. The van der Waals surface area contributed by atoms with Crippen LogP contribution in [0.2, 0.25) is 0 Å². The fourth-order valence-electron chi connectivity index (χ4n) is 1.92. The summed E-state index contributed by atoms with van der Waals surface area (Å²) in [5.41, 5.74) is 2.80. The third-order valence-electron chi connectivity index (χ3n) is 3.02. The number of terminal acetylenes is 1. The number of nitrogens with zero attached hydrogens (tertiary/aromatic N) is 1. The lowest BCUT2D eigenvalue weighted by Crippen LogP contribution is -2.06. The van der Waals surface area contributed by atoms with Gasteiger partial charge < -0.3 is 5.32 Å². The number of nitrogens with one attached hydrogen (secondary N) is 1. The van der Waals surface area contributed by atoms with Crippen LogP contribution >= 0.6 is 0 Å². The van der Waals surface area contributed by atoms with Crippen molar-refractivity contribution < 1.29 is 4.92 Å². The largest absolute Gasteiger partial charge is 0.378 e. The molecule has 0 bridgehead atoms. The van der Waals surface area contributed by atoms with E-state index in [0.717, 1.165) is 16.8 Å². The van der Waals surface area contributed by atoms with Crippen LogP contribution in [-0.4, -0.2) is 4.92 Å². The molecule has 20 heavy (non-hydrogen) atoms. The minimum absolute atomic E-state index is 0.0313. The lowest BCUT2D eigenvalue weighted by molar-refractivity contribution is -0.384. The Morgan fingerprint density at radius 3 is 2.55 bits per heavy atom. The highest BCUT2D eigenvalue weighted by Crippen LogP contribution is 2.22. The van der Waals surface area contributed by atoms with E-state index in [9.17, 15) is 10.1 Å². The first-order valence-electron chi connectivity index (χ1n) is 6.17. The van der Waals surface area contributed by atoms with E-state index in [2.05, 4.69) is 11.2 Å². The SMILES string of the molecule is C#Cc1cccc(NC(C)c2ccc([N+](=O)[O-])cc2)c1. The molecule has 1 atom stereocenters. The molecule has 1 N–H and O–H groups in total. The standard InChI is InChI=1S/C16H14N2O2/c1-3-13-5-4-6-15(11-13)17-12(2)14-7-9-16(10-8-14)18(19)20/h1,4-12,17H,2H3. The Morgan fingerprint density at radius 2 is 1.95 bits per heavy atom. The van der Waals surface area contributed by atoms with Gasteiger partial charge in [-0.05, 0) is 30.7 Å². The van der Waals surface area contributed by atoms with Crippen molar-refractivity contribution in [3.8, 4) is 12.3 Å². The highest BCUT2D eigenvalue weighted by Gasteiger charge is 2.09. The summed E-state index contributed by atoms with van der Waals surface area (Å²) >= 11 is 0. The first-order valence-corrected chi connectivity index (χ1v) is 6.17. The Labute approximate surface area is 117 Å². The summed E-state index contributed by atoms with van der Waals surface area (Å²) in [5.74, 6) is 2.59. The van der Waals surface area contributed by atoms with E-state index in [1.54, 1.807) is 12.1 Å². The van der Waals surface area contributed by atoms with Crippen molar-refractivity contribution in [2.45, 2.75) is 13.0 Å². The molecule has 2 rings (SSSR count). The number of non-ortho nitro benzene ring substituents is 1. The molecule has 0 saturated carbocycles. The second-order valence-corrected chi connectivity index (χ2v) is 4.44. The van der Waals surface area contributed by atoms with Gasteiger partial charge in [-0.3, -0.25) is 10.1 Å². The molecule has 0 spiro atoms. The summed E-state index contributed by atoms with van der Waals surface area (Å²) in [6.07, 6.45) is 5.36. The molecule has 4 heteroatoms. The Morgan fingerprint density at radius 1 is 1.25 bits per heavy atom. The minimum Gasteiger partial charge on any atom is -0.378 e. The van der Waals surface area contributed by atoms with Gasteiger partial charge in [0.25, 0.3) is 5.69 Å². The summed E-state index contributed by atoms with van der Waals surface area (Å²) in [6, 6.07) is 14.1. The molecule has 0 amide bonds. The number of nitro groups is 1. The van der Waals surface area contributed by atoms with Crippen LogP contribution in [0.5, 0.6) is 0 Å². The lowest BCUT2D eigenvalue weighted by Gasteiger charge is -2.15. The maximum Gasteiger partial charge on any atom is 0.269 e. The van der Waals surface area contributed by atoms with Crippen molar-refractivity contribution in [1.29, 1.82) is 0 Å². The van der Waals surface area contributed by atoms with Crippen LogP contribution in [0, 0.1) is 22.5 Å². The molecular weight excluding hydrogens is 252 g/mol. The summed E-state index contributed by atoms with van der Waals surface area (Å²) < 4.78 is 0. The molecule has 1 unspecified atom stereocenters. The first kappa shape index (κ1) is 13.6. The number of benzene rings is 2. The first-order chi connectivity index (χ1) is 9.60. The van der Waals surface area contributed by atoms with Crippen LogP contribution in [0.15, 0.2) is 48.5 Å². The van der Waals surface area contributed by atoms with E-state index in [1.165, 1.54) is 12.1 Å². The fraction of sp³-hybridized carbons (Fsp3) is 0.125. The number of rotatable bonds is 4. The molecule has 0 aliphatic heterocycles. The number of anilines is 1. The van der Waals surface area contributed by atoms with Gasteiger partial charge in [0.15, 0.2) is 0 Å². The van der Waals surface area contributed by atoms with Gasteiger partial charge in [0, 0.05) is 29.4 Å². The molecule has 0 aromatic heterocycles. The van der Waals surface area contributed by atoms with Crippen LogP contribution in [0.25, 0.3) is 0 Å². The predicted octanol–water partition coefficient (Wildman–Crippen LogP) is 3.75. The molecule has 4 nitrogen and oxygen atoms in total. The summed E-state index contributed by atoms with van der Waals surface area (Å²) in [6.45, 7) is 1.99. The average molecular weight is 266 g/mol. The summed E-state index contributed by atoms with van der Waals surface area (Å²) in [4.78, 5) is 10.2. The third-order valence-corrected chi connectivity index (χ3v) is 3.02. The van der Waals surface area contributed by atoms with Crippen LogP contribution in [0.4, 0.5) is 11.4 Å². The lowest BCUT2D eigenvalue weighted by atomic mass is 10.1. The van der Waals surface area contributed by atoms with E-state index >= 15 is 0 Å². The Balaban J connectivity index is 2.13. The van der Waals surface area contributed by atoms with Gasteiger partial charge in [0.2, 0.25) is 0 Å². The second kappa shape index (κ2) is 5.89. The topological polar surface area (TPSA) is 55.2 Å². The predicted molar refractivity (Wildman–Crippen MR) is 79.5 cm³/mol. The molecule has 100 valence electrons. The van der Waals surface area contributed by atoms with Gasteiger partial charge in [0.1, 0.15) is 0 Å². The monoisotopic (exact) mass is 266 g/mol. The van der Waals surface area contributed by atoms with E-state index in [-0.39, 0.29) is 11.7 Å². The summed E-state index contributed by atoms with van der Waals surface area (Å²) in [5, 5.41) is 13.9. The normalized spacial score (nSPS) is 11.4. The molecular formula is C16H14N2O2. The van der Waals surface area contributed by atoms with Gasteiger partial charge in [-0.25, -0.2) is 0 Å². The second-order valence-electron chi connectivity index (χ2n) is 4.44. The van der Waals surface area contributed by atoms with Crippen molar-refractivity contribution in [2.75, 3.05) is 5.32 Å². The number of nitro benzene ring substituents is 1. The van der Waals surface area contributed by atoms with Crippen LogP contribution < -0.4 is 5.32 Å². The van der Waals surface area contributed by atoms with E-state index < -0.39 is 4.92 Å². The highest BCUT2D eigenvalue weighted by molar-refractivity contribution is 5.51. The number of hydrogen-bond acceptors (Lipinski definition) is 3. The molecule has 2 aromatic carbocycles. The average Bonchev–Trinajstić information content (AvgIpc) is 2.47. The van der Waals surface area contributed by atoms with E-state index in [1.807, 2.05) is 31.2 Å². The summed E-state index contributed by atoms with van der Waals surface area (Å²) in [7, 11) is 0. The van der Waals surface area contributed by atoms with E-state index in [0.29, 0.717) is 0 Å². The van der Waals surface area contributed by atoms with Gasteiger partial charge >= 0.3 is 0 Å². The van der Waals surface area contributed by atoms with Crippen molar-refractivity contribution >= 4 is 11.4 Å². The third kappa shape index (κ3) is 3.15. The highest BCUT2D eigenvalue weighted by atomic mass is 16.6. The zero-order valence-corrected chi connectivity index (χ0v) is 11.0. The quantitative estimate of drug-likeness (QED) is 0.521. The molecule has 0 fully saturated rings.